The van der Waals surface area contributed by atoms with Gasteiger partial charge in [0.05, 0.1) is 16.5 Å². The van der Waals surface area contributed by atoms with Crippen molar-refractivity contribution in [1.29, 1.82) is 0 Å². The zero-order chi connectivity index (χ0) is 22.3. The van der Waals surface area contributed by atoms with Gasteiger partial charge in [0.15, 0.2) is 0 Å². The largest absolute Gasteiger partial charge is 0.392 e. The molecule has 164 valence electrons. The number of ketones is 2. The van der Waals surface area contributed by atoms with Gasteiger partial charge in [-0.15, -0.1) is 0 Å². The summed E-state index contributed by atoms with van der Waals surface area (Å²) in [5.74, 6) is -1.20. The molecule has 1 aliphatic rings. The normalized spacial score (nSPS) is 22.4. The number of hydrogen-bond acceptors (Lipinski definition) is 5. The lowest BCUT2D eigenvalue weighted by Gasteiger charge is -2.26. The van der Waals surface area contributed by atoms with E-state index in [0.717, 1.165) is 0 Å². The van der Waals surface area contributed by atoms with Crippen molar-refractivity contribution in [3.63, 3.8) is 0 Å². The van der Waals surface area contributed by atoms with Crippen LogP contribution in [0.1, 0.15) is 39.5 Å². The van der Waals surface area contributed by atoms with Gasteiger partial charge in [-0.25, -0.2) is 0 Å². The molecule has 0 heterocycles. The Hall–Kier alpha value is -1.21. The molecule has 1 aromatic carbocycles. The molecule has 1 aromatic rings. The summed E-state index contributed by atoms with van der Waals surface area (Å²) in [7, 11) is -1.28. The molecule has 0 saturated heterocycles. The average Bonchev–Trinajstić information content (AvgIpc) is 2.67. The number of hydrogen-bond donors (Lipinski definition) is 0. The Morgan fingerprint density at radius 1 is 1.23 bits per heavy atom. The van der Waals surface area contributed by atoms with Gasteiger partial charge in [0.2, 0.25) is 0 Å². The maximum atomic E-state index is 12.8. The molecule has 0 spiro atoms. The quantitative estimate of drug-likeness (QED) is 0.195. The summed E-state index contributed by atoms with van der Waals surface area (Å²) in [4.78, 5) is 30.7. The van der Waals surface area contributed by atoms with Gasteiger partial charge in [-0.2, -0.15) is 0 Å². The molecule has 0 aromatic heterocycles. The molecule has 2 atom stereocenters. The van der Waals surface area contributed by atoms with Gasteiger partial charge in [-0.1, -0.05) is 46.9 Å². The van der Waals surface area contributed by atoms with Gasteiger partial charge in [0.25, 0.3) is 0 Å². The highest BCUT2D eigenvalue weighted by atomic mass is 35.5. The summed E-state index contributed by atoms with van der Waals surface area (Å²) in [5.41, 5.74) is 1.67. The van der Waals surface area contributed by atoms with Crippen molar-refractivity contribution in [3.05, 3.63) is 39.9 Å². The van der Waals surface area contributed by atoms with Crippen LogP contribution in [0.3, 0.4) is 0 Å². The third-order valence-electron chi connectivity index (χ3n) is 4.93. The first-order chi connectivity index (χ1) is 14.2. The molecule has 0 bridgehead atoms. The maximum Gasteiger partial charge on any atom is 0.149 e. The lowest BCUT2D eigenvalue weighted by molar-refractivity contribution is -0.134. The van der Waals surface area contributed by atoms with E-state index in [1.54, 1.807) is 31.2 Å². The molecule has 9 heteroatoms. The van der Waals surface area contributed by atoms with Crippen LogP contribution in [-0.4, -0.2) is 33.3 Å². The van der Waals surface area contributed by atoms with Crippen LogP contribution in [-0.2, 0) is 25.2 Å². The van der Waals surface area contributed by atoms with E-state index in [1.165, 1.54) is 5.54 Å². The molecular formula is C21H24Cl3NO4S. The molecule has 30 heavy (non-hydrogen) atoms. The highest BCUT2D eigenvalue weighted by Crippen LogP contribution is 2.30. The van der Waals surface area contributed by atoms with Crippen molar-refractivity contribution in [1.82, 2.24) is 0 Å². The zero-order valence-electron chi connectivity index (χ0n) is 16.8. The summed E-state index contributed by atoms with van der Waals surface area (Å²) < 4.78 is 12.8. The zero-order valence-corrected chi connectivity index (χ0v) is 19.9. The van der Waals surface area contributed by atoms with Gasteiger partial charge in [0.1, 0.15) is 24.1 Å². The first-order valence-electron chi connectivity index (χ1n) is 9.56. The van der Waals surface area contributed by atoms with Gasteiger partial charge >= 0.3 is 0 Å². The minimum absolute atomic E-state index is 0.0588. The second-order valence-corrected chi connectivity index (χ2v) is 10.3. The van der Waals surface area contributed by atoms with Crippen molar-refractivity contribution in [2.75, 3.05) is 6.61 Å². The third kappa shape index (κ3) is 7.19. The minimum atomic E-state index is -1.28. The smallest absolute Gasteiger partial charge is 0.149 e. The van der Waals surface area contributed by atoms with Gasteiger partial charge in [0, 0.05) is 38.6 Å². The molecule has 2 rings (SSSR count). The van der Waals surface area contributed by atoms with Crippen LogP contribution in [0.4, 0.5) is 0 Å². The number of halogens is 3. The molecule has 2 unspecified atom stereocenters. The number of Topliss-reactive ketones (excluding diaryl/α,β-unsaturated/α-hetero) is 2. The Bertz CT molecular complexity index is 834. The molecule has 0 N–H and O–H groups in total. The summed E-state index contributed by atoms with van der Waals surface area (Å²) >= 11 is 17.4. The Morgan fingerprint density at radius 2 is 1.83 bits per heavy atom. The maximum absolute atomic E-state index is 12.8. The Morgan fingerprint density at radius 3 is 2.40 bits per heavy atom. The van der Waals surface area contributed by atoms with Crippen LogP contribution in [0.2, 0.25) is 10.0 Å². The van der Waals surface area contributed by atoms with E-state index >= 15 is 0 Å². The van der Waals surface area contributed by atoms with E-state index in [9.17, 15) is 13.8 Å². The van der Waals surface area contributed by atoms with E-state index in [2.05, 4.69) is 5.16 Å². The van der Waals surface area contributed by atoms with E-state index in [-0.39, 0.29) is 29.3 Å². The van der Waals surface area contributed by atoms with Crippen LogP contribution >= 0.6 is 34.8 Å². The molecule has 1 fully saturated rings. The number of carbonyl (C=O) groups excluding carboxylic acids is 2. The van der Waals surface area contributed by atoms with Crippen molar-refractivity contribution in [3.8, 4) is 0 Å². The van der Waals surface area contributed by atoms with Gasteiger partial charge < -0.3 is 4.84 Å². The number of oxime groups is 1. The van der Waals surface area contributed by atoms with Crippen molar-refractivity contribution >= 4 is 62.9 Å². The van der Waals surface area contributed by atoms with Crippen LogP contribution in [0, 0.1) is 11.8 Å². The number of rotatable bonds is 9. The van der Waals surface area contributed by atoms with Crippen LogP contribution in [0.15, 0.2) is 39.9 Å². The molecular weight excluding hydrogens is 469 g/mol. The van der Waals surface area contributed by atoms with Crippen molar-refractivity contribution in [2.45, 2.75) is 49.7 Å². The predicted octanol–water partition coefficient (Wildman–Crippen LogP) is 5.58. The highest BCUT2D eigenvalue weighted by molar-refractivity contribution is 7.85. The van der Waals surface area contributed by atoms with Gasteiger partial charge in [-0.05, 0) is 50.0 Å². The molecule has 5 nitrogen and oxygen atoms in total. The summed E-state index contributed by atoms with van der Waals surface area (Å²) in [6, 6.07) is 4.88. The molecule has 1 saturated carbocycles. The standard InChI is InChI=1S/C21H24Cl3NO4S/c1-13(30(28)18-11-16(23)10-17(24)12-18)4-5-15-8-19(26)21(20(27)9-15)14(2)25-29-7-3-6-22/h3,6,10-13,15,21H,4-5,7-9H2,1-2H3. The second-order valence-electron chi connectivity index (χ2n) is 7.32. The summed E-state index contributed by atoms with van der Waals surface area (Å²) in [6.45, 7) is 3.67. The third-order valence-corrected chi connectivity index (χ3v) is 7.21. The lowest BCUT2D eigenvalue weighted by Crippen LogP contribution is -2.38. The average molecular weight is 493 g/mol. The van der Waals surface area contributed by atoms with E-state index < -0.39 is 16.7 Å². The SMILES string of the molecule is CC(=NOCC=CCl)C1C(=O)CC(CCC(C)S(=O)c2cc(Cl)cc(Cl)c2)CC1=O. The second kappa shape index (κ2) is 12.0. The number of carbonyl (C=O) groups is 2. The number of benzene rings is 1. The molecule has 0 aliphatic heterocycles. The number of nitrogens with zero attached hydrogens (tertiary/aromatic N) is 1. The topological polar surface area (TPSA) is 72.8 Å². The summed E-state index contributed by atoms with van der Waals surface area (Å²) in [5, 5.41) is 4.58. The van der Waals surface area contributed by atoms with Crippen molar-refractivity contribution < 1.29 is 18.6 Å². The minimum Gasteiger partial charge on any atom is -0.392 e. The highest BCUT2D eigenvalue weighted by Gasteiger charge is 2.37. The molecule has 0 amide bonds. The molecule has 0 radical (unpaired) electrons. The summed E-state index contributed by atoms with van der Waals surface area (Å²) in [6.07, 6.45) is 3.41. The lowest BCUT2D eigenvalue weighted by atomic mass is 9.76. The first kappa shape index (κ1) is 25.1. The fourth-order valence-corrected chi connectivity index (χ4v) is 5.48. The van der Waals surface area contributed by atoms with E-state index in [1.807, 2.05) is 6.92 Å². The fourth-order valence-electron chi connectivity index (χ4n) is 3.45. The first-order valence-corrected chi connectivity index (χ1v) is 12.0. The van der Waals surface area contributed by atoms with E-state index in [4.69, 9.17) is 39.6 Å². The predicted molar refractivity (Wildman–Crippen MR) is 122 cm³/mol. The molecule has 1 aliphatic carbocycles. The Kier molecular flexibility index (Phi) is 10.0. The fraction of sp³-hybridized carbons (Fsp3) is 0.476. The van der Waals surface area contributed by atoms with E-state index in [0.29, 0.717) is 46.3 Å². The Labute approximate surface area is 194 Å². The van der Waals surface area contributed by atoms with Crippen LogP contribution in [0.25, 0.3) is 0 Å². The monoisotopic (exact) mass is 491 g/mol. The van der Waals surface area contributed by atoms with Crippen LogP contribution < -0.4 is 0 Å². The Balaban J connectivity index is 1.91. The van der Waals surface area contributed by atoms with Gasteiger partial charge in [-0.3, -0.25) is 13.8 Å². The van der Waals surface area contributed by atoms with Crippen LogP contribution in [0.5, 0.6) is 0 Å². The van der Waals surface area contributed by atoms with Crippen molar-refractivity contribution in [2.24, 2.45) is 17.0 Å².